The minimum absolute atomic E-state index is 0.00842. The van der Waals surface area contributed by atoms with Gasteiger partial charge in [0.2, 0.25) is 0 Å². The van der Waals surface area contributed by atoms with E-state index >= 15 is 0 Å². The summed E-state index contributed by atoms with van der Waals surface area (Å²) in [7, 11) is 0. The van der Waals surface area contributed by atoms with Gasteiger partial charge in [-0.05, 0) is 41.8 Å². The standard InChI is InChI=1S/C22H25Cl2NO/c1-4-13-22(26)14(2)20(16-5-9-18(23)10-6-16)25-21(15(22)3)17-7-11-19(24)12-8-17/h4-12,14-15,20-21,25-26H,1,13H2,2-3H3/t14-,15-,20-,21-/m0/s1. The zero-order chi connectivity index (χ0) is 18.9. The van der Waals surface area contributed by atoms with Gasteiger partial charge in [-0.2, -0.15) is 0 Å². The van der Waals surface area contributed by atoms with Gasteiger partial charge in [0.25, 0.3) is 0 Å². The maximum atomic E-state index is 11.6. The number of halogens is 2. The molecule has 2 N–H and O–H groups in total. The van der Waals surface area contributed by atoms with E-state index in [0.29, 0.717) is 16.5 Å². The molecule has 1 saturated heterocycles. The third-order valence-corrected chi connectivity index (χ3v) is 6.37. The van der Waals surface area contributed by atoms with Crippen LogP contribution in [0.3, 0.4) is 0 Å². The van der Waals surface area contributed by atoms with Gasteiger partial charge >= 0.3 is 0 Å². The number of piperidine rings is 1. The number of benzene rings is 2. The Hall–Kier alpha value is -1.32. The fourth-order valence-electron chi connectivity index (χ4n) is 4.19. The number of rotatable bonds is 4. The molecule has 0 unspecified atom stereocenters. The summed E-state index contributed by atoms with van der Waals surface area (Å²) in [5, 5.41) is 16.8. The first-order valence-corrected chi connectivity index (χ1v) is 9.72. The molecule has 0 amide bonds. The van der Waals surface area contributed by atoms with E-state index in [1.807, 2.05) is 54.6 Å². The van der Waals surface area contributed by atoms with Crippen molar-refractivity contribution in [3.8, 4) is 0 Å². The topological polar surface area (TPSA) is 32.3 Å². The fourth-order valence-corrected chi connectivity index (χ4v) is 4.44. The molecule has 0 radical (unpaired) electrons. The predicted octanol–water partition coefficient (Wildman–Crippen LogP) is 5.96. The quantitative estimate of drug-likeness (QED) is 0.632. The first-order chi connectivity index (χ1) is 12.4. The molecule has 0 saturated carbocycles. The average Bonchev–Trinajstić information content (AvgIpc) is 2.63. The zero-order valence-corrected chi connectivity index (χ0v) is 16.6. The summed E-state index contributed by atoms with van der Waals surface area (Å²) in [6.07, 6.45) is 2.36. The van der Waals surface area contributed by atoms with Gasteiger partial charge in [0.05, 0.1) is 5.60 Å². The summed E-state index contributed by atoms with van der Waals surface area (Å²) < 4.78 is 0. The highest BCUT2D eigenvalue weighted by atomic mass is 35.5. The van der Waals surface area contributed by atoms with E-state index in [2.05, 4.69) is 25.7 Å². The predicted molar refractivity (Wildman–Crippen MR) is 110 cm³/mol. The third-order valence-electron chi connectivity index (χ3n) is 5.87. The van der Waals surface area contributed by atoms with Gasteiger partial charge in [0.1, 0.15) is 0 Å². The van der Waals surface area contributed by atoms with Gasteiger partial charge in [-0.3, -0.25) is 0 Å². The van der Waals surface area contributed by atoms with Crippen molar-refractivity contribution in [2.45, 2.75) is 38.0 Å². The van der Waals surface area contributed by atoms with Crippen LogP contribution in [-0.2, 0) is 0 Å². The highest BCUT2D eigenvalue weighted by Crippen LogP contribution is 2.48. The molecular formula is C22H25Cl2NO. The fraction of sp³-hybridized carbons (Fsp3) is 0.364. The second kappa shape index (κ2) is 7.74. The minimum atomic E-state index is -0.860. The highest BCUT2D eigenvalue weighted by Gasteiger charge is 2.50. The second-order valence-corrected chi connectivity index (χ2v) is 8.16. The Balaban J connectivity index is 2.03. The molecule has 0 aromatic heterocycles. The van der Waals surface area contributed by atoms with Crippen LogP contribution in [0.5, 0.6) is 0 Å². The van der Waals surface area contributed by atoms with Crippen LogP contribution in [-0.4, -0.2) is 10.7 Å². The Labute approximate surface area is 165 Å². The molecule has 1 aliphatic heterocycles. The number of aliphatic hydroxyl groups is 1. The first-order valence-electron chi connectivity index (χ1n) is 8.97. The molecule has 0 aliphatic carbocycles. The van der Waals surface area contributed by atoms with Crippen molar-refractivity contribution in [1.82, 2.24) is 5.32 Å². The van der Waals surface area contributed by atoms with Crippen molar-refractivity contribution < 1.29 is 5.11 Å². The van der Waals surface area contributed by atoms with E-state index in [9.17, 15) is 5.11 Å². The molecular weight excluding hydrogens is 365 g/mol. The lowest BCUT2D eigenvalue weighted by atomic mass is 9.65. The van der Waals surface area contributed by atoms with Crippen molar-refractivity contribution in [2.24, 2.45) is 11.8 Å². The van der Waals surface area contributed by atoms with Crippen molar-refractivity contribution in [1.29, 1.82) is 0 Å². The van der Waals surface area contributed by atoms with Crippen LogP contribution in [0.15, 0.2) is 61.2 Å². The summed E-state index contributed by atoms with van der Waals surface area (Å²) in [6, 6.07) is 15.7. The van der Waals surface area contributed by atoms with Crippen LogP contribution < -0.4 is 5.32 Å². The van der Waals surface area contributed by atoms with Crippen LogP contribution >= 0.6 is 23.2 Å². The smallest absolute Gasteiger partial charge is 0.0768 e. The van der Waals surface area contributed by atoms with Crippen LogP contribution in [0.1, 0.15) is 43.5 Å². The van der Waals surface area contributed by atoms with Crippen molar-refractivity contribution >= 4 is 23.2 Å². The lowest BCUT2D eigenvalue weighted by molar-refractivity contribution is -0.108. The number of hydrogen-bond donors (Lipinski definition) is 2. The van der Waals surface area contributed by atoms with Crippen LogP contribution in [0.4, 0.5) is 0 Å². The zero-order valence-electron chi connectivity index (χ0n) is 15.1. The monoisotopic (exact) mass is 389 g/mol. The average molecular weight is 390 g/mol. The second-order valence-electron chi connectivity index (χ2n) is 7.29. The third kappa shape index (κ3) is 3.57. The largest absolute Gasteiger partial charge is 0.389 e. The Morgan fingerprint density at radius 2 is 1.31 bits per heavy atom. The van der Waals surface area contributed by atoms with E-state index in [1.54, 1.807) is 0 Å². The molecule has 2 aromatic carbocycles. The van der Waals surface area contributed by atoms with Crippen molar-refractivity contribution in [3.63, 3.8) is 0 Å². The molecule has 0 spiro atoms. The molecule has 4 heteroatoms. The van der Waals surface area contributed by atoms with Gasteiger partial charge in [-0.25, -0.2) is 0 Å². The Kier molecular flexibility index (Phi) is 5.78. The van der Waals surface area contributed by atoms with Gasteiger partial charge in [-0.15, -0.1) is 6.58 Å². The SMILES string of the molecule is C=CCC1(O)[C@@H](C)[C@@H](c2ccc(Cl)cc2)N[C@H](c2ccc(Cl)cc2)[C@@H]1C. The molecule has 3 rings (SSSR count). The van der Waals surface area contributed by atoms with Crippen molar-refractivity contribution in [2.75, 3.05) is 0 Å². The van der Waals surface area contributed by atoms with E-state index in [0.717, 1.165) is 11.1 Å². The number of nitrogens with one attached hydrogen (secondary N) is 1. The Bertz CT molecular complexity index is 699. The lowest BCUT2D eigenvalue weighted by Crippen LogP contribution is -2.57. The normalized spacial score (nSPS) is 31.6. The molecule has 2 nitrogen and oxygen atoms in total. The van der Waals surface area contributed by atoms with Gasteiger partial charge in [-0.1, -0.05) is 67.4 Å². The molecule has 2 aromatic rings. The first kappa shape index (κ1) is 19.4. The Morgan fingerprint density at radius 3 is 1.65 bits per heavy atom. The lowest BCUT2D eigenvalue weighted by Gasteiger charge is -2.52. The molecule has 1 aliphatic rings. The summed E-state index contributed by atoms with van der Waals surface area (Å²) in [5.74, 6) is 0.0282. The van der Waals surface area contributed by atoms with Crippen LogP contribution in [0, 0.1) is 11.8 Å². The van der Waals surface area contributed by atoms with Gasteiger partial charge in [0.15, 0.2) is 0 Å². The van der Waals surface area contributed by atoms with Gasteiger partial charge in [0, 0.05) is 34.0 Å². The molecule has 0 bridgehead atoms. The van der Waals surface area contributed by atoms with E-state index in [-0.39, 0.29) is 23.9 Å². The molecule has 4 atom stereocenters. The van der Waals surface area contributed by atoms with E-state index in [1.165, 1.54) is 0 Å². The van der Waals surface area contributed by atoms with E-state index in [4.69, 9.17) is 23.2 Å². The van der Waals surface area contributed by atoms with E-state index < -0.39 is 5.60 Å². The molecule has 26 heavy (non-hydrogen) atoms. The van der Waals surface area contributed by atoms with Crippen molar-refractivity contribution in [3.05, 3.63) is 82.4 Å². The molecule has 1 heterocycles. The summed E-state index contributed by atoms with van der Waals surface area (Å²) in [4.78, 5) is 0. The number of hydrogen-bond acceptors (Lipinski definition) is 2. The van der Waals surface area contributed by atoms with Crippen LogP contribution in [0.2, 0.25) is 10.0 Å². The maximum absolute atomic E-state index is 11.6. The molecule has 138 valence electrons. The minimum Gasteiger partial charge on any atom is -0.389 e. The highest BCUT2D eigenvalue weighted by molar-refractivity contribution is 6.30. The maximum Gasteiger partial charge on any atom is 0.0768 e. The molecule has 1 fully saturated rings. The van der Waals surface area contributed by atoms with Gasteiger partial charge < -0.3 is 10.4 Å². The summed E-state index contributed by atoms with van der Waals surface area (Å²) in [5.41, 5.74) is 1.38. The summed E-state index contributed by atoms with van der Waals surface area (Å²) >= 11 is 12.1. The Morgan fingerprint density at radius 1 is 0.923 bits per heavy atom. The van der Waals surface area contributed by atoms with Crippen LogP contribution in [0.25, 0.3) is 0 Å². The summed E-state index contributed by atoms with van der Waals surface area (Å²) in [6.45, 7) is 8.08.